The highest BCUT2D eigenvalue weighted by Crippen LogP contribution is 2.34. The number of pyridine rings is 1. The zero-order valence-corrected chi connectivity index (χ0v) is 20.3. The molecule has 1 fully saturated rings. The molecular weight excluding hydrogens is 458 g/mol. The number of nitrogens with zero attached hydrogens (tertiary/aromatic N) is 4. The predicted molar refractivity (Wildman–Crippen MR) is 136 cm³/mol. The van der Waals surface area contributed by atoms with Crippen molar-refractivity contribution in [3.05, 3.63) is 77.4 Å². The first-order chi connectivity index (χ1) is 17.3. The van der Waals surface area contributed by atoms with Gasteiger partial charge in [0.05, 0.1) is 6.04 Å². The lowest BCUT2D eigenvalue weighted by molar-refractivity contribution is -0.127. The number of benzene rings is 1. The van der Waals surface area contributed by atoms with Crippen molar-refractivity contribution in [2.75, 3.05) is 17.7 Å². The summed E-state index contributed by atoms with van der Waals surface area (Å²) in [5.74, 6) is 5.94. The lowest BCUT2D eigenvalue weighted by Crippen LogP contribution is -2.33. The maximum atomic E-state index is 12.7. The summed E-state index contributed by atoms with van der Waals surface area (Å²) in [5.41, 5.74) is 7.96. The molecule has 3 heterocycles. The molecule has 186 valence electrons. The zero-order chi connectivity index (χ0) is 25.8. The van der Waals surface area contributed by atoms with Crippen LogP contribution in [-0.2, 0) is 4.79 Å². The maximum absolute atomic E-state index is 12.7. The topological polar surface area (TPSA) is 149 Å². The average Bonchev–Trinajstić information content (AvgIpc) is 3.48. The third-order valence-electron chi connectivity index (χ3n) is 6.08. The van der Waals surface area contributed by atoms with Gasteiger partial charge in [-0.15, -0.1) is 0 Å². The summed E-state index contributed by atoms with van der Waals surface area (Å²) in [4.78, 5) is 48.2. The van der Waals surface area contributed by atoms with Crippen molar-refractivity contribution in [3.8, 4) is 11.3 Å². The molecule has 4 rings (SSSR count). The van der Waals surface area contributed by atoms with Gasteiger partial charge in [0.25, 0.3) is 11.8 Å². The highest BCUT2D eigenvalue weighted by atomic mass is 16.2. The van der Waals surface area contributed by atoms with Crippen molar-refractivity contribution in [3.63, 3.8) is 0 Å². The number of carbonyl (C=O) groups excluding carboxylic acids is 3. The van der Waals surface area contributed by atoms with Crippen molar-refractivity contribution in [2.45, 2.75) is 39.2 Å². The van der Waals surface area contributed by atoms with Crippen LogP contribution in [0.1, 0.15) is 64.5 Å². The van der Waals surface area contributed by atoms with Crippen LogP contribution in [0, 0.1) is 6.92 Å². The molecule has 0 aliphatic carbocycles. The summed E-state index contributed by atoms with van der Waals surface area (Å²) in [6.45, 7) is 4.44. The van der Waals surface area contributed by atoms with Gasteiger partial charge < -0.3 is 21.8 Å². The zero-order valence-electron chi connectivity index (χ0n) is 20.3. The van der Waals surface area contributed by atoms with Gasteiger partial charge in [-0.2, -0.15) is 0 Å². The minimum atomic E-state index is -0.736. The van der Waals surface area contributed by atoms with E-state index in [1.54, 1.807) is 53.6 Å². The molecule has 2 aromatic heterocycles. The number of allylic oxidation sites excluding steroid dienone is 1. The number of amides is 3. The first kappa shape index (κ1) is 24.6. The number of nitrogens with two attached hydrogens (primary N) is 2. The normalized spacial score (nSPS) is 15.4. The summed E-state index contributed by atoms with van der Waals surface area (Å²) < 4.78 is 1.18. The molecule has 0 bridgehead atoms. The van der Waals surface area contributed by atoms with E-state index >= 15 is 0 Å². The number of rotatable bonds is 7. The van der Waals surface area contributed by atoms with Crippen LogP contribution >= 0.6 is 0 Å². The van der Waals surface area contributed by atoms with E-state index in [4.69, 9.17) is 11.6 Å². The number of aryl methyl sites for hydroxylation is 1. The molecule has 0 saturated carbocycles. The van der Waals surface area contributed by atoms with Gasteiger partial charge >= 0.3 is 0 Å². The van der Waals surface area contributed by atoms with Crippen LogP contribution in [0.4, 0.5) is 5.82 Å². The second-order valence-corrected chi connectivity index (χ2v) is 8.65. The molecule has 1 atom stereocenters. The minimum absolute atomic E-state index is 0.0365. The molecule has 10 nitrogen and oxygen atoms in total. The summed E-state index contributed by atoms with van der Waals surface area (Å²) in [5, 5.41) is 2.75. The number of likely N-dealkylation sites (tertiary alicyclic amines) is 1. The van der Waals surface area contributed by atoms with E-state index in [0.717, 1.165) is 18.4 Å². The number of anilines is 1. The smallest absolute Gasteiger partial charge is 0.269 e. The van der Waals surface area contributed by atoms with Crippen LogP contribution in [0.5, 0.6) is 0 Å². The molecule has 1 aliphatic heterocycles. The van der Waals surface area contributed by atoms with Gasteiger partial charge in [-0.25, -0.2) is 14.6 Å². The molecule has 0 radical (unpaired) electrons. The molecule has 1 unspecified atom stereocenters. The van der Waals surface area contributed by atoms with Crippen LogP contribution in [0.15, 0.2) is 54.7 Å². The fraction of sp³-hybridized carbons (Fsp3) is 0.269. The van der Waals surface area contributed by atoms with E-state index in [2.05, 4.69) is 15.3 Å². The third-order valence-corrected chi connectivity index (χ3v) is 6.08. The average molecular weight is 488 g/mol. The highest BCUT2D eigenvalue weighted by Gasteiger charge is 2.34. The van der Waals surface area contributed by atoms with E-state index in [1.165, 1.54) is 4.68 Å². The minimum Gasteiger partial charge on any atom is -0.364 e. The van der Waals surface area contributed by atoms with Gasteiger partial charge in [-0.05, 0) is 56.0 Å². The number of nitrogens with one attached hydrogen (secondary N) is 1. The third kappa shape index (κ3) is 4.97. The number of carbonyl (C=O) groups is 3. The molecular formula is C26H29N7O3. The fourth-order valence-corrected chi connectivity index (χ4v) is 4.24. The standard InChI is InChI=1S/C26H29N7O3/c1-3-4-7-21(34)32-14-5-6-19(32)25-31-22(23(24(27)35)33(25)28)17-9-11-18(12-10-17)26(36)30-20-13-8-16(2)15-29-20/h4,7-13,15,19H,3,5-6,14,28H2,1-2H3,(H2,27,35)(H,29,30,36)/b7-4+. The van der Waals surface area contributed by atoms with Crippen LogP contribution in [-0.4, -0.2) is 43.8 Å². The van der Waals surface area contributed by atoms with Gasteiger partial charge in [0.1, 0.15) is 11.5 Å². The molecule has 1 aromatic carbocycles. The molecule has 3 amide bonds. The molecule has 0 spiro atoms. The van der Waals surface area contributed by atoms with E-state index < -0.39 is 5.91 Å². The van der Waals surface area contributed by atoms with Crippen molar-refractivity contribution >= 4 is 23.5 Å². The SMILES string of the molecule is CC/C=C/C(=O)N1CCCC1c1nc(-c2ccc(C(=O)Nc3ccc(C)cn3)cc2)c(C(N)=O)n1N. The summed E-state index contributed by atoms with van der Waals surface area (Å²) >= 11 is 0. The summed E-state index contributed by atoms with van der Waals surface area (Å²) in [6, 6.07) is 9.82. The molecule has 5 N–H and O–H groups in total. The Kier molecular flexibility index (Phi) is 7.14. The van der Waals surface area contributed by atoms with Crippen LogP contribution in [0.25, 0.3) is 11.3 Å². The van der Waals surface area contributed by atoms with Crippen LogP contribution in [0.2, 0.25) is 0 Å². The van der Waals surface area contributed by atoms with Crippen molar-refractivity contribution in [1.82, 2.24) is 19.5 Å². The fourth-order valence-electron chi connectivity index (χ4n) is 4.24. The van der Waals surface area contributed by atoms with Gasteiger partial charge in [0.2, 0.25) is 5.91 Å². The number of primary amides is 1. The Morgan fingerprint density at radius 2 is 1.92 bits per heavy atom. The quantitative estimate of drug-likeness (QED) is 0.344. The number of nitrogen functional groups attached to an aromatic ring is 1. The van der Waals surface area contributed by atoms with Gasteiger partial charge in [-0.3, -0.25) is 14.4 Å². The summed E-state index contributed by atoms with van der Waals surface area (Å²) in [7, 11) is 0. The first-order valence-electron chi connectivity index (χ1n) is 11.8. The Balaban J connectivity index is 1.62. The molecule has 1 saturated heterocycles. The van der Waals surface area contributed by atoms with Crippen LogP contribution < -0.4 is 16.9 Å². The number of hydrogen-bond donors (Lipinski definition) is 3. The van der Waals surface area contributed by atoms with E-state index in [9.17, 15) is 14.4 Å². The largest absolute Gasteiger partial charge is 0.364 e. The Morgan fingerprint density at radius 3 is 2.56 bits per heavy atom. The number of hydrogen-bond acceptors (Lipinski definition) is 6. The Labute approximate surface area is 209 Å². The van der Waals surface area contributed by atoms with E-state index in [1.807, 2.05) is 19.9 Å². The lowest BCUT2D eigenvalue weighted by atomic mass is 10.1. The first-order valence-corrected chi connectivity index (χ1v) is 11.8. The van der Waals surface area contributed by atoms with Gasteiger partial charge in [-0.1, -0.05) is 31.2 Å². The van der Waals surface area contributed by atoms with Gasteiger partial charge in [0.15, 0.2) is 11.5 Å². The Morgan fingerprint density at radius 1 is 1.17 bits per heavy atom. The highest BCUT2D eigenvalue weighted by molar-refractivity contribution is 6.04. The van der Waals surface area contributed by atoms with E-state index in [0.29, 0.717) is 41.4 Å². The Bertz CT molecular complexity index is 1310. The number of aromatic nitrogens is 3. The van der Waals surface area contributed by atoms with Crippen molar-refractivity contribution in [1.29, 1.82) is 0 Å². The van der Waals surface area contributed by atoms with Crippen molar-refractivity contribution in [2.24, 2.45) is 5.73 Å². The second kappa shape index (κ2) is 10.4. The molecule has 10 heteroatoms. The lowest BCUT2D eigenvalue weighted by Gasteiger charge is -2.23. The molecule has 36 heavy (non-hydrogen) atoms. The maximum Gasteiger partial charge on any atom is 0.269 e. The molecule has 3 aromatic rings. The monoisotopic (exact) mass is 487 g/mol. The predicted octanol–water partition coefficient (Wildman–Crippen LogP) is 2.95. The summed E-state index contributed by atoms with van der Waals surface area (Å²) in [6.07, 6.45) is 7.24. The second-order valence-electron chi connectivity index (χ2n) is 8.65. The number of imidazole rings is 1. The van der Waals surface area contributed by atoms with Crippen molar-refractivity contribution < 1.29 is 14.4 Å². The van der Waals surface area contributed by atoms with Gasteiger partial charge in [0, 0.05) is 23.9 Å². The Hall–Kier alpha value is -4.47. The van der Waals surface area contributed by atoms with E-state index in [-0.39, 0.29) is 23.6 Å². The molecule has 1 aliphatic rings. The van der Waals surface area contributed by atoms with Crippen LogP contribution in [0.3, 0.4) is 0 Å².